The molecule has 28 heavy (non-hydrogen) atoms. The molecule has 3 fully saturated rings. The first-order chi connectivity index (χ1) is 13.1. The van der Waals surface area contributed by atoms with Crippen LogP contribution in [0, 0.1) is 5.92 Å². The summed E-state index contributed by atoms with van der Waals surface area (Å²) in [5.74, 6) is 1.06. The van der Waals surface area contributed by atoms with Gasteiger partial charge in [0.05, 0.1) is 16.8 Å². The molecule has 2 bridgehead atoms. The summed E-state index contributed by atoms with van der Waals surface area (Å²) < 4.78 is 5.73. The van der Waals surface area contributed by atoms with Crippen LogP contribution in [-0.4, -0.2) is 43.1 Å². The molecule has 4 nitrogen and oxygen atoms in total. The second-order valence-corrected chi connectivity index (χ2v) is 8.01. The van der Waals surface area contributed by atoms with Crippen LogP contribution in [0.3, 0.4) is 0 Å². The largest absolute Gasteiger partial charge is 1.00 e. The second kappa shape index (κ2) is 9.36. The fourth-order valence-corrected chi connectivity index (χ4v) is 4.47. The van der Waals surface area contributed by atoms with E-state index < -0.39 is 0 Å². The fourth-order valence-electron chi connectivity index (χ4n) is 4.12. The Balaban J connectivity index is 0.00000225. The number of piperidine rings is 3. The molecule has 2 aromatic carbocycles. The Morgan fingerprint density at radius 1 is 1.07 bits per heavy atom. The Hall–Kier alpha value is -1.46. The zero-order chi connectivity index (χ0) is 18.8. The van der Waals surface area contributed by atoms with E-state index in [-0.39, 0.29) is 31.0 Å². The SMILES string of the molecule is O=C(COc1ccc(Cl)cc1)N(c1ccccc1Cl)C1CN2CCC1CC2.[Cl-]. The van der Waals surface area contributed by atoms with Gasteiger partial charge in [-0.3, -0.25) is 4.79 Å². The van der Waals surface area contributed by atoms with Gasteiger partial charge in [0.25, 0.3) is 5.91 Å². The number of nitrogens with zero attached hydrogens (tertiary/aromatic N) is 2. The number of para-hydroxylation sites is 1. The number of hydrogen-bond acceptors (Lipinski definition) is 3. The molecule has 3 saturated heterocycles. The number of anilines is 1. The van der Waals surface area contributed by atoms with Crippen LogP contribution in [0.15, 0.2) is 48.5 Å². The Kier molecular flexibility index (Phi) is 7.10. The molecule has 5 rings (SSSR count). The Bertz CT molecular complexity index is 808. The first-order valence-corrected chi connectivity index (χ1v) is 10.0. The molecule has 0 aromatic heterocycles. The highest BCUT2D eigenvalue weighted by Gasteiger charge is 2.40. The van der Waals surface area contributed by atoms with E-state index in [4.69, 9.17) is 27.9 Å². The predicted octanol–water partition coefficient (Wildman–Crippen LogP) is 1.50. The maximum absolute atomic E-state index is 13.2. The second-order valence-electron chi connectivity index (χ2n) is 7.16. The summed E-state index contributed by atoms with van der Waals surface area (Å²) in [4.78, 5) is 17.5. The van der Waals surface area contributed by atoms with E-state index in [1.54, 1.807) is 24.3 Å². The van der Waals surface area contributed by atoms with E-state index in [1.807, 2.05) is 29.2 Å². The number of halogens is 3. The van der Waals surface area contributed by atoms with E-state index in [2.05, 4.69) is 4.90 Å². The monoisotopic (exact) mass is 439 g/mol. The summed E-state index contributed by atoms with van der Waals surface area (Å²) in [7, 11) is 0. The van der Waals surface area contributed by atoms with Gasteiger partial charge < -0.3 is 26.9 Å². The molecule has 0 N–H and O–H groups in total. The number of benzene rings is 2. The predicted molar refractivity (Wildman–Crippen MR) is 109 cm³/mol. The molecular weight excluding hydrogens is 419 g/mol. The van der Waals surface area contributed by atoms with Gasteiger partial charge in [0, 0.05) is 11.6 Å². The number of fused-ring (bicyclic) bond motifs is 3. The van der Waals surface area contributed by atoms with E-state index in [9.17, 15) is 4.79 Å². The average molecular weight is 441 g/mol. The van der Waals surface area contributed by atoms with Crippen LogP contribution in [0.4, 0.5) is 5.69 Å². The first kappa shape index (κ1) is 21.3. The number of hydrogen-bond donors (Lipinski definition) is 0. The van der Waals surface area contributed by atoms with Crippen LogP contribution >= 0.6 is 23.2 Å². The lowest BCUT2D eigenvalue weighted by Gasteiger charge is -2.49. The van der Waals surface area contributed by atoms with Crippen LogP contribution in [-0.2, 0) is 4.79 Å². The maximum atomic E-state index is 13.2. The molecule has 7 heteroatoms. The smallest absolute Gasteiger partial charge is 0.265 e. The third-order valence-corrected chi connectivity index (χ3v) is 6.08. The molecule has 1 atom stereocenters. The van der Waals surface area contributed by atoms with Crippen molar-refractivity contribution in [3.8, 4) is 5.75 Å². The van der Waals surface area contributed by atoms with E-state index in [0.29, 0.717) is 21.7 Å². The summed E-state index contributed by atoms with van der Waals surface area (Å²) in [5.41, 5.74) is 0.766. The van der Waals surface area contributed by atoms with Crippen molar-refractivity contribution in [2.45, 2.75) is 18.9 Å². The number of carbonyl (C=O) groups excluding carboxylic acids is 1. The van der Waals surface area contributed by atoms with E-state index in [1.165, 1.54) is 0 Å². The molecule has 0 radical (unpaired) electrons. The minimum Gasteiger partial charge on any atom is -1.00 e. The van der Waals surface area contributed by atoms with Gasteiger partial charge >= 0.3 is 0 Å². The molecule has 3 aliphatic heterocycles. The zero-order valence-electron chi connectivity index (χ0n) is 15.4. The van der Waals surface area contributed by atoms with Crippen molar-refractivity contribution in [2.24, 2.45) is 5.92 Å². The number of carbonyl (C=O) groups is 1. The normalized spacial score (nSPS) is 23.0. The standard InChI is InChI=1S/C21H22Cl2N2O2.ClH/c22-16-5-7-17(8-6-16)27-14-21(26)25(19-4-2-1-3-18(19)23)20-13-24-11-9-15(20)10-12-24;/h1-8,15,20H,9-14H2;1H/p-1. The molecule has 3 aliphatic rings. The average Bonchev–Trinajstić information content (AvgIpc) is 2.70. The highest BCUT2D eigenvalue weighted by atomic mass is 35.5. The molecule has 150 valence electrons. The van der Waals surface area contributed by atoms with E-state index >= 15 is 0 Å². The lowest BCUT2D eigenvalue weighted by Crippen LogP contribution is -3.00. The van der Waals surface area contributed by atoms with Crippen molar-refractivity contribution < 1.29 is 21.9 Å². The molecule has 1 amide bonds. The van der Waals surface area contributed by atoms with Crippen LogP contribution < -0.4 is 22.0 Å². The molecule has 3 heterocycles. The van der Waals surface area contributed by atoms with Gasteiger partial charge in [0.2, 0.25) is 0 Å². The molecule has 0 aliphatic carbocycles. The van der Waals surface area contributed by atoms with Crippen molar-refractivity contribution >= 4 is 34.8 Å². The molecular formula is C21H22Cl3N2O2-. The summed E-state index contributed by atoms with van der Waals surface area (Å²) in [6.07, 6.45) is 2.24. The fraction of sp³-hybridized carbons (Fsp3) is 0.381. The minimum absolute atomic E-state index is 0. The third-order valence-electron chi connectivity index (χ3n) is 5.51. The van der Waals surface area contributed by atoms with Crippen LogP contribution in [0.2, 0.25) is 10.0 Å². The minimum atomic E-state index is -0.0724. The van der Waals surface area contributed by atoms with Gasteiger partial charge in [-0.1, -0.05) is 35.3 Å². The molecule has 1 unspecified atom stereocenters. The lowest BCUT2D eigenvalue weighted by molar-refractivity contribution is -0.122. The van der Waals surface area contributed by atoms with Crippen molar-refractivity contribution in [3.05, 3.63) is 58.6 Å². The number of rotatable bonds is 5. The number of ether oxygens (including phenoxy) is 1. The van der Waals surface area contributed by atoms with Gasteiger partial charge in [-0.2, -0.15) is 0 Å². The summed E-state index contributed by atoms with van der Waals surface area (Å²) in [6, 6.07) is 14.7. The van der Waals surface area contributed by atoms with Crippen molar-refractivity contribution in [3.63, 3.8) is 0 Å². The lowest BCUT2D eigenvalue weighted by atomic mass is 9.83. The Labute approximate surface area is 181 Å². The third kappa shape index (κ3) is 4.57. The van der Waals surface area contributed by atoms with Gasteiger partial charge in [-0.25, -0.2) is 0 Å². The van der Waals surface area contributed by atoms with Crippen molar-refractivity contribution in [2.75, 3.05) is 31.1 Å². The van der Waals surface area contributed by atoms with Gasteiger partial charge in [0.15, 0.2) is 6.61 Å². The highest BCUT2D eigenvalue weighted by molar-refractivity contribution is 6.33. The van der Waals surface area contributed by atoms with Crippen LogP contribution in [0.5, 0.6) is 5.75 Å². The zero-order valence-corrected chi connectivity index (χ0v) is 17.6. The topological polar surface area (TPSA) is 32.8 Å². The summed E-state index contributed by atoms with van der Waals surface area (Å²) in [5, 5.41) is 1.23. The van der Waals surface area contributed by atoms with Gasteiger partial charge in [0.1, 0.15) is 5.75 Å². The van der Waals surface area contributed by atoms with E-state index in [0.717, 1.165) is 38.2 Å². The van der Waals surface area contributed by atoms with Crippen molar-refractivity contribution in [1.29, 1.82) is 0 Å². The number of amides is 1. The first-order valence-electron chi connectivity index (χ1n) is 9.29. The molecule has 2 aromatic rings. The Morgan fingerprint density at radius 3 is 2.36 bits per heavy atom. The maximum Gasteiger partial charge on any atom is 0.265 e. The summed E-state index contributed by atoms with van der Waals surface area (Å²) in [6.45, 7) is 3.10. The quantitative estimate of drug-likeness (QED) is 0.706. The summed E-state index contributed by atoms with van der Waals surface area (Å²) >= 11 is 12.4. The van der Waals surface area contributed by atoms with Crippen LogP contribution in [0.1, 0.15) is 12.8 Å². The highest BCUT2D eigenvalue weighted by Crippen LogP contribution is 2.36. The van der Waals surface area contributed by atoms with Crippen LogP contribution in [0.25, 0.3) is 0 Å². The van der Waals surface area contributed by atoms with Gasteiger partial charge in [-0.05, 0) is 68.2 Å². The molecule has 0 spiro atoms. The Morgan fingerprint density at radius 2 is 1.75 bits per heavy atom. The van der Waals surface area contributed by atoms with Crippen molar-refractivity contribution in [1.82, 2.24) is 4.90 Å². The molecule has 0 saturated carbocycles. The van der Waals surface area contributed by atoms with Gasteiger partial charge in [-0.15, -0.1) is 0 Å².